The molecule has 2 nitrogen and oxygen atoms in total. The first-order valence-electron chi connectivity index (χ1n) is 5.75. The van der Waals surface area contributed by atoms with Crippen molar-refractivity contribution in [2.24, 2.45) is 11.7 Å². The van der Waals surface area contributed by atoms with Gasteiger partial charge in [-0.05, 0) is 48.7 Å². The van der Waals surface area contributed by atoms with Crippen LogP contribution in [0.3, 0.4) is 0 Å². The highest BCUT2D eigenvalue weighted by Gasteiger charge is 2.10. The highest BCUT2D eigenvalue weighted by molar-refractivity contribution is 9.10. The van der Waals surface area contributed by atoms with Gasteiger partial charge in [-0.15, -0.1) is 0 Å². The molecule has 3 heteroatoms. The van der Waals surface area contributed by atoms with Gasteiger partial charge in [0.2, 0.25) is 0 Å². The van der Waals surface area contributed by atoms with Gasteiger partial charge in [0.25, 0.3) is 0 Å². The van der Waals surface area contributed by atoms with Crippen LogP contribution in [0, 0.1) is 5.92 Å². The fourth-order valence-electron chi connectivity index (χ4n) is 1.95. The van der Waals surface area contributed by atoms with Gasteiger partial charge in [-0.25, -0.2) is 0 Å². The van der Waals surface area contributed by atoms with E-state index in [1.165, 1.54) is 5.56 Å². The minimum atomic E-state index is 0.426. The van der Waals surface area contributed by atoms with E-state index in [2.05, 4.69) is 34.1 Å². The molecule has 0 aliphatic heterocycles. The normalized spacial score (nSPS) is 12.6. The van der Waals surface area contributed by atoms with E-state index < -0.39 is 0 Å². The van der Waals surface area contributed by atoms with E-state index in [9.17, 15) is 0 Å². The Morgan fingerprint density at radius 3 is 2.71 bits per heavy atom. The third-order valence-electron chi connectivity index (χ3n) is 2.82. The molecular weight excluding hydrogens is 278 g/mol. The molecule has 0 saturated carbocycles. The topological polar surface area (TPSA) is 39.2 Å². The van der Waals surface area contributed by atoms with Gasteiger partial charge in [0.05, 0.1) is 6.26 Å². The monoisotopic (exact) mass is 293 g/mol. The van der Waals surface area contributed by atoms with Crippen LogP contribution in [-0.4, -0.2) is 6.54 Å². The summed E-state index contributed by atoms with van der Waals surface area (Å²) in [6.07, 6.45) is 3.59. The largest absolute Gasteiger partial charge is 0.469 e. The Bertz CT molecular complexity index is 453. The quantitative estimate of drug-likeness (QED) is 0.918. The van der Waals surface area contributed by atoms with Crippen LogP contribution in [0.5, 0.6) is 0 Å². The summed E-state index contributed by atoms with van der Waals surface area (Å²) in [5.41, 5.74) is 7.13. The van der Waals surface area contributed by atoms with Crippen molar-refractivity contribution in [3.8, 4) is 0 Å². The first-order valence-corrected chi connectivity index (χ1v) is 6.54. The zero-order chi connectivity index (χ0) is 12.1. The molecule has 2 aromatic rings. The number of nitrogens with two attached hydrogens (primary N) is 1. The van der Waals surface area contributed by atoms with Crippen molar-refractivity contribution in [1.82, 2.24) is 0 Å². The van der Waals surface area contributed by atoms with Crippen LogP contribution in [0.2, 0.25) is 0 Å². The summed E-state index contributed by atoms with van der Waals surface area (Å²) in [6, 6.07) is 12.3. The Hall–Kier alpha value is -1.06. The number of rotatable bonds is 5. The van der Waals surface area contributed by atoms with Gasteiger partial charge in [-0.3, -0.25) is 0 Å². The molecule has 0 aliphatic rings. The van der Waals surface area contributed by atoms with Gasteiger partial charge in [-0.1, -0.05) is 28.1 Å². The van der Waals surface area contributed by atoms with Crippen LogP contribution in [0.1, 0.15) is 11.3 Å². The van der Waals surface area contributed by atoms with Gasteiger partial charge in [0.1, 0.15) is 5.76 Å². The summed E-state index contributed by atoms with van der Waals surface area (Å²) < 4.78 is 6.48. The van der Waals surface area contributed by atoms with Crippen molar-refractivity contribution in [3.05, 3.63) is 58.5 Å². The zero-order valence-corrected chi connectivity index (χ0v) is 11.2. The predicted molar refractivity (Wildman–Crippen MR) is 72.8 cm³/mol. The predicted octanol–water partition coefficient (Wildman–Crippen LogP) is 3.40. The Morgan fingerprint density at radius 2 is 2.06 bits per heavy atom. The molecule has 17 heavy (non-hydrogen) atoms. The van der Waals surface area contributed by atoms with Crippen molar-refractivity contribution in [2.45, 2.75) is 12.8 Å². The fraction of sp³-hybridized carbons (Fsp3) is 0.286. The van der Waals surface area contributed by atoms with Gasteiger partial charge < -0.3 is 10.2 Å². The lowest BCUT2D eigenvalue weighted by molar-refractivity contribution is 0.441. The maximum Gasteiger partial charge on any atom is 0.104 e. The van der Waals surface area contributed by atoms with E-state index in [1.807, 2.05) is 18.2 Å². The fourth-order valence-corrected chi connectivity index (χ4v) is 2.40. The molecule has 0 radical (unpaired) electrons. The molecular formula is C14H16BrNO. The average molecular weight is 294 g/mol. The van der Waals surface area contributed by atoms with Crippen molar-refractivity contribution >= 4 is 15.9 Å². The van der Waals surface area contributed by atoms with E-state index >= 15 is 0 Å². The van der Waals surface area contributed by atoms with Crippen molar-refractivity contribution < 1.29 is 4.42 Å². The number of hydrogen-bond donors (Lipinski definition) is 1. The molecule has 0 amide bonds. The van der Waals surface area contributed by atoms with E-state index in [0.717, 1.165) is 23.1 Å². The third kappa shape index (κ3) is 3.72. The van der Waals surface area contributed by atoms with E-state index in [4.69, 9.17) is 10.2 Å². The summed E-state index contributed by atoms with van der Waals surface area (Å²) >= 11 is 3.48. The molecule has 0 spiro atoms. The first kappa shape index (κ1) is 12.4. The lowest BCUT2D eigenvalue weighted by atomic mass is 9.95. The van der Waals surface area contributed by atoms with Gasteiger partial charge in [0.15, 0.2) is 0 Å². The number of furan rings is 1. The number of hydrogen-bond acceptors (Lipinski definition) is 2. The van der Waals surface area contributed by atoms with Crippen LogP contribution in [0.25, 0.3) is 0 Å². The summed E-state index contributed by atoms with van der Waals surface area (Å²) in [7, 11) is 0. The molecule has 0 aliphatic carbocycles. The molecule has 1 aromatic heterocycles. The Morgan fingerprint density at radius 1 is 1.18 bits per heavy atom. The van der Waals surface area contributed by atoms with Gasteiger partial charge >= 0.3 is 0 Å². The Balaban J connectivity index is 2.00. The molecule has 1 heterocycles. The second-order valence-electron chi connectivity index (χ2n) is 4.22. The second kappa shape index (κ2) is 6.03. The highest BCUT2D eigenvalue weighted by atomic mass is 79.9. The number of halogens is 1. The van der Waals surface area contributed by atoms with E-state index in [0.29, 0.717) is 12.5 Å². The Kier molecular flexibility index (Phi) is 4.40. The molecule has 1 unspecified atom stereocenters. The maximum absolute atomic E-state index is 5.82. The molecule has 2 rings (SSSR count). The van der Waals surface area contributed by atoms with Crippen molar-refractivity contribution in [2.75, 3.05) is 6.54 Å². The van der Waals surface area contributed by atoms with Crippen LogP contribution < -0.4 is 5.73 Å². The first-order chi connectivity index (χ1) is 8.28. The maximum atomic E-state index is 5.82. The minimum Gasteiger partial charge on any atom is -0.469 e. The smallest absolute Gasteiger partial charge is 0.104 e. The molecule has 0 bridgehead atoms. The van der Waals surface area contributed by atoms with E-state index in [1.54, 1.807) is 6.26 Å². The molecule has 90 valence electrons. The third-order valence-corrected chi connectivity index (χ3v) is 3.31. The van der Waals surface area contributed by atoms with Crippen molar-refractivity contribution in [1.29, 1.82) is 0 Å². The summed E-state index contributed by atoms with van der Waals surface area (Å²) in [5, 5.41) is 0. The minimum absolute atomic E-state index is 0.426. The van der Waals surface area contributed by atoms with Gasteiger partial charge in [0, 0.05) is 10.9 Å². The molecule has 1 atom stereocenters. The average Bonchev–Trinajstić information content (AvgIpc) is 2.81. The van der Waals surface area contributed by atoms with Crippen LogP contribution in [0.15, 0.2) is 51.6 Å². The standard InChI is InChI=1S/C14H16BrNO/c15-13-4-1-3-11(8-13)7-12(10-16)9-14-5-2-6-17-14/h1-6,8,12H,7,9-10,16H2. The molecule has 1 aromatic carbocycles. The summed E-state index contributed by atoms with van der Waals surface area (Å²) in [5.74, 6) is 1.44. The SMILES string of the molecule is NCC(Cc1cccc(Br)c1)Cc1ccco1. The lowest BCUT2D eigenvalue weighted by Crippen LogP contribution is -2.19. The highest BCUT2D eigenvalue weighted by Crippen LogP contribution is 2.17. The van der Waals surface area contributed by atoms with E-state index in [-0.39, 0.29) is 0 Å². The van der Waals surface area contributed by atoms with Crippen LogP contribution >= 0.6 is 15.9 Å². The Labute approximate surface area is 110 Å². The van der Waals surface area contributed by atoms with Crippen LogP contribution in [-0.2, 0) is 12.8 Å². The van der Waals surface area contributed by atoms with Crippen LogP contribution in [0.4, 0.5) is 0 Å². The summed E-state index contributed by atoms with van der Waals surface area (Å²) in [6.45, 7) is 0.674. The second-order valence-corrected chi connectivity index (χ2v) is 5.13. The van der Waals surface area contributed by atoms with Crippen molar-refractivity contribution in [3.63, 3.8) is 0 Å². The molecule has 0 fully saturated rings. The van der Waals surface area contributed by atoms with Gasteiger partial charge in [-0.2, -0.15) is 0 Å². The summed E-state index contributed by atoms with van der Waals surface area (Å²) in [4.78, 5) is 0. The molecule has 2 N–H and O–H groups in total. The number of benzene rings is 1. The molecule has 0 saturated heterocycles. The lowest BCUT2D eigenvalue weighted by Gasteiger charge is -2.13. The zero-order valence-electron chi connectivity index (χ0n) is 9.60.